The van der Waals surface area contributed by atoms with Gasteiger partial charge in [0, 0.05) is 6.07 Å². The molecule has 2 rings (SSSR count). The van der Waals surface area contributed by atoms with Gasteiger partial charge in [-0.25, -0.2) is 0 Å². The van der Waals surface area contributed by atoms with E-state index in [1.165, 1.54) is 24.3 Å². The molecule has 3 nitrogen and oxygen atoms in total. The maximum atomic E-state index is 11.0. The Morgan fingerprint density at radius 3 is 2.47 bits per heavy atom. The fourth-order valence-corrected chi connectivity index (χ4v) is 1.23. The van der Waals surface area contributed by atoms with Crippen LogP contribution in [0.5, 0.6) is 0 Å². The minimum atomic E-state index is -0.643. The van der Waals surface area contributed by atoms with Crippen LogP contribution in [0.3, 0.4) is 0 Å². The molecular weight excluding hydrogens is 190 g/mol. The molecule has 0 saturated carbocycles. The highest BCUT2D eigenvalue weighted by Gasteiger charge is 2.12. The molecule has 0 radical (unpaired) electrons. The first kappa shape index (κ1) is 5.07. The molecule has 0 aliphatic carbocycles. The number of hydrogen-bond acceptors (Lipinski definition) is 2. The second kappa shape index (κ2) is 3.92. The zero-order valence-corrected chi connectivity index (χ0v) is 7.57. The molecule has 2 aromatic rings. The van der Waals surface area contributed by atoms with E-state index in [-0.39, 0.29) is 16.8 Å². The molecule has 0 atom stereocenters. The number of para-hydroxylation sites is 1. The molecule has 2 aromatic carbocycles. The highest BCUT2D eigenvalue weighted by Crippen LogP contribution is 2.28. The number of nitrogens with zero attached hydrogens (tertiary/aromatic N) is 1. The van der Waals surface area contributed by atoms with E-state index in [0.717, 1.165) is 0 Å². The summed E-state index contributed by atoms with van der Waals surface area (Å²) in [6, 6.07) is 3.11. The Balaban J connectivity index is 2.88. The van der Waals surface area contributed by atoms with Gasteiger partial charge in [0.1, 0.15) is 0 Å². The molecule has 74 valence electrons. The predicted octanol–water partition coefficient (Wildman–Crippen LogP) is 3.26. The third-order valence-corrected chi connectivity index (χ3v) is 1.87. The molecular formula is C12H9NO2. The van der Waals surface area contributed by atoms with E-state index in [1.54, 1.807) is 0 Å². The van der Waals surface area contributed by atoms with E-state index in [0.29, 0.717) is 0 Å². The van der Waals surface area contributed by atoms with Crippen LogP contribution in [0, 0.1) is 10.1 Å². The van der Waals surface area contributed by atoms with Crippen LogP contribution < -0.4 is 0 Å². The summed E-state index contributed by atoms with van der Waals surface area (Å²) in [5.74, 6) is 0. The molecule has 0 spiro atoms. The Kier molecular flexibility index (Phi) is 1.33. The number of hydrogen-bond donors (Lipinski definition) is 0. The third-order valence-electron chi connectivity index (χ3n) is 1.87. The van der Waals surface area contributed by atoms with E-state index < -0.39 is 35.1 Å². The van der Waals surface area contributed by atoms with Crippen molar-refractivity contribution in [2.45, 2.75) is 0 Å². The molecule has 0 amide bonds. The van der Waals surface area contributed by atoms with Gasteiger partial charge in [-0.05, 0) is 11.6 Å². The molecule has 0 fully saturated rings. The van der Waals surface area contributed by atoms with Gasteiger partial charge in [0.25, 0.3) is 5.69 Å². The Hall–Kier alpha value is -2.16. The molecule has 0 N–H and O–H groups in total. The van der Waals surface area contributed by atoms with Crippen molar-refractivity contribution in [3.8, 4) is 11.1 Å². The lowest BCUT2D eigenvalue weighted by molar-refractivity contribution is -0.384. The molecule has 15 heavy (non-hydrogen) atoms. The Morgan fingerprint density at radius 2 is 1.80 bits per heavy atom. The van der Waals surface area contributed by atoms with Crippen LogP contribution in [0.25, 0.3) is 11.1 Å². The second-order valence-corrected chi connectivity index (χ2v) is 2.77. The molecule has 3 heteroatoms. The van der Waals surface area contributed by atoms with Crippen molar-refractivity contribution in [3.63, 3.8) is 0 Å². The first-order chi connectivity index (χ1) is 9.36. The summed E-state index contributed by atoms with van der Waals surface area (Å²) in [5, 5.41) is 11.0. The van der Waals surface area contributed by atoms with E-state index in [2.05, 4.69) is 0 Å². The summed E-state index contributed by atoms with van der Waals surface area (Å²) < 4.78 is 38.3. The molecule has 0 aromatic heterocycles. The van der Waals surface area contributed by atoms with Crippen LogP contribution in [0.1, 0.15) is 6.85 Å². The summed E-state index contributed by atoms with van der Waals surface area (Å²) >= 11 is 0. The highest BCUT2D eigenvalue weighted by molar-refractivity contribution is 5.73. The smallest absolute Gasteiger partial charge is 0.258 e. The topological polar surface area (TPSA) is 43.1 Å². The summed E-state index contributed by atoms with van der Waals surface area (Å²) in [6.45, 7) is 0. The SMILES string of the molecule is [2H]c1c([2H])c([2H])c(-c2ccccc2[N+](=O)[O-])c([2H])c1[2H]. The van der Waals surface area contributed by atoms with Crippen molar-refractivity contribution in [2.75, 3.05) is 0 Å². The van der Waals surface area contributed by atoms with E-state index in [9.17, 15) is 10.1 Å². The summed E-state index contributed by atoms with van der Waals surface area (Å²) in [7, 11) is 0. The van der Waals surface area contributed by atoms with Crippen LogP contribution in [-0.4, -0.2) is 4.92 Å². The summed E-state index contributed by atoms with van der Waals surface area (Å²) in [4.78, 5) is 10.4. The maximum absolute atomic E-state index is 11.0. The normalized spacial score (nSPS) is 14.5. The highest BCUT2D eigenvalue weighted by atomic mass is 16.6. The standard InChI is InChI=1S/C12H9NO2/c14-13(15)12-9-5-4-8-11(12)10-6-2-1-3-7-10/h1-9H/i1D,2D,3D,6D,7D. The average Bonchev–Trinajstić information content (AvgIpc) is 2.43. The largest absolute Gasteiger partial charge is 0.277 e. The second-order valence-electron chi connectivity index (χ2n) is 2.77. The van der Waals surface area contributed by atoms with Gasteiger partial charge in [0.15, 0.2) is 0 Å². The van der Waals surface area contributed by atoms with Gasteiger partial charge in [-0.3, -0.25) is 10.1 Å². The van der Waals surface area contributed by atoms with E-state index >= 15 is 0 Å². The van der Waals surface area contributed by atoms with Crippen molar-refractivity contribution in [2.24, 2.45) is 0 Å². The lowest BCUT2D eigenvalue weighted by Crippen LogP contribution is -1.90. The Morgan fingerprint density at radius 1 is 1.13 bits per heavy atom. The van der Waals surface area contributed by atoms with Gasteiger partial charge in [-0.15, -0.1) is 0 Å². The van der Waals surface area contributed by atoms with E-state index in [1.807, 2.05) is 0 Å². The van der Waals surface area contributed by atoms with Crippen LogP contribution >= 0.6 is 0 Å². The Bertz CT molecular complexity index is 688. The molecule has 0 unspecified atom stereocenters. The number of nitro groups is 1. The predicted molar refractivity (Wildman–Crippen MR) is 58.5 cm³/mol. The van der Waals surface area contributed by atoms with Gasteiger partial charge in [-0.1, -0.05) is 42.3 Å². The number of nitro benzene ring substituents is 1. The minimum absolute atomic E-state index is 0.00880. The number of benzene rings is 2. The van der Waals surface area contributed by atoms with Gasteiger partial charge >= 0.3 is 0 Å². The molecule has 0 aliphatic heterocycles. The number of rotatable bonds is 2. The van der Waals surface area contributed by atoms with Crippen LogP contribution in [0.2, 0.25) is 0 Å². The summed E-state index contributed by atoms with van der Waals surface area (Å²) in [5.41, 5.74) is -0.455. The Labute approximate surface area is 94.2 Å². The van der Waals surface area contributed by atoms with Crippen molar-refractivity contribution >= 4 is 5.69 Å². The van der Waals surface area contributed by atoms with Crippen molar-refractivity contribution in [1.29, 1.82) is 0 Å². The zero-order valence-electron chi connectivity index (χ0n) is 12.6. The maximum Gasteiger partial charge on any atom is 0.277 e. The van der Waals surface area contributed by atoms with Crippen molar-refractivity contribution in [1.82, 2.24) is 0 Å². The quantitative estimate of drug-likeness (QED) is 0.556. The molecule has 0 bridgehead atoms. The van der Waals surface area contributed by atoms with Gasteiger partial charge in [0.05, 0.1) is 17.3 Å². The first-order valence-corrected chi connectivity index (χ1v) is 4.17. The van der Waals surface area contributed by atoms with Crippen LogP contribution in [0.15, 0.2) is 54.5 Å². The molecule has 0 heterocycles. The van der Waals surface area contributed by atoms with Crippen LogP contribution in [-0.2, 0) is 0 Å². The first-order valence-electron chi connectivity index (χ1n) is 6.67. The fourth-order valence-electron chi connectivity index (χ4n) is 1.23. The van der Waals surface area contributed by atoms with Crippen molar-refractivity contribution in [3.05, 3.63) is 64.6 Å². The third kappa shape index (κ3) is 1.86. The van der Waals surface area contributed by atoms with E-state index in [4.69, 9.17) is 6.85 Å². The minimum Gasteiger partial charge on any atom is -0.258 e. The fraction of sp³-hybridized carbons (Fsp3) is 0. The van der Waals surface area contributed by atoms with Gasteiger partial charge in [-0.2, -0.15) is 0 Å². The molecule has 0 saturated heterocycles. The van der Waals surface area contributed by atoms with Gasteiger partial charge in [0.2, 0.25) is 0 Å². The lowest BCUT2D eigenvalue weighted by Gasteiger charge is -2.01. The summed E-state index contributed by atoms with van der Waals surface area (Å²) in [6.07, 6.45) is 0. The lowest BCUT2D eigenvalue weighted by atomic mass is 10.0. The van der Waals surface area contributed by atoms with Gasteiger partial charge < -0.3 is 0 Å². The van der Waals surface area contributed by atoms with Crippen LogP contribution in [0.4, 0.5) is 5.69 Å². The average molecular weight is 204 g/mol. The zero-order chi connectivity index (χ0) is 15.0. The monoisotopic (exact) mass is 204 g/mol. The van der Waals surface area contributed by atoms with Crippen molar-refractivity contribution < 1.29 is 11.8 Å². The molecule has 0 aliphatic rings.